The van der Waals surface area contributed by atoms with E-state index in [9.17, 15) is 37.7 Å². The van der Waals surface area contributed by atoms with Gasteiger partial charge in [0.2, 0.25) is 11.2 Å². The first-order valence-electron chi connectivity index (χ1n) is 13.2. The van der Waals surface area contributed by atoms with Crippen molar-refractivity contribution < 1.29 is 46.3 Å². The number of benzene rings is 2. The molecule has 0 spiro atoms. The lowest BCUT2D eigenvalue weighted by atomic mass is 10.0. The number of non-ortho nitro benzene ring substituents is 1. The standard InChI is InChI=1S/C29H31F3N2O9/c1-7-16-13-19-22(14-21(16)42-26(36)20(12-15(2)3)33-27(37)43-28(4,5)6)41-25(29(30,31)32)24(23(19)35)40-18-10-8-17(9-11-18)34(38)39/h8-11,13-15,20H,7,12H2,1-6H3,(H,33,37)/t20-/m0/s1. The van der Waals surface area contributed by atoms with Gasteiger partial charge in [0.25, 0.3) is 11.4 Å². The molecule has 11 nitrogen and oxygen atoms in total. The van der Waals surface area contributed by atoms with Crippen LogP contribution in [0.15, 0.2) is 45.6 Å². The molecule has 1 amide bonds. The average Bonchev–Trinajstić information content (AvgIpc) is 2.87. The molecule has 0 aliphatic carbocycles. The number of halogens is 3. The average molecular weight is 609 g/mol. The summed E-state index contributed by atoms with van der Waals surface area (Å²) in [5.41, 5.74) is -2.58. The number of alkyl halides is 3. The Morgan fingerprint density at radius 1 is 1.09 bits per heavy atom. The van der Waals surface area contributed by atoms with Crippen LogP contribution in [-0.2, 0) is 22.1 Å². The Balaban J connectivity index is 2.05. The van der Waals surface area contributed by atoms with Crippen molar-refractivity contribution in [3.05, 3.63) is 68.1 Å². The third kappa shape index (κ3) is 8.46. The van der Waals surface area contributed by atoms with Gasteiger partial charge >= 0.3 is 18.2 Å². The second kappa shape index (κ2) is 12.7. The predicted molar refractivity (Wildman–Crippen MR) is 148 cm³/mol. The number of nitrogens with one attached hydrogen (secondary N) is 1. The van der Waals surface area contributed by atoms with E-state index in [0.29, 0.717) is 0 Å². The molecule has 0 saturated heterocycles. The molecule has 0 bridgehead atoms. The number of alkyl carbamates (subject to hydrolysis) is 1. The van der Waals surface area contributed by atoms with Crippen molar-refractivity contribution in [1.82, 2.24) is 5.32 Å². The number of amides is 1. The largest absolute Gasteiger partial charge is 0.453 e. The summed E-state index contributed by atoms with van der Waals surface area (Å²) in [4.78, 5) is 49.0. The lowest BCUT2D eigenvalue weighted by Crippen LogP contribution is -2.45. The summed E-state index contributed by atoms with van der Waals surface area (Å²) in [6.07, 6.45) is -5.66. The number of nitro groups is 1. The third-order valence-electron chi connectivity index (χ3n) is 5.83. The normalized spacial score (nSPS) is 12.6. The van der Waals surface area contributed by atoms with E-state index >= 15 is 0 Å². The number of carbonyl (C=O) groups is 2. The second-order valence-corrected chi connectivity index (χ2v) is 11.0. The number of aryl methyl sites for hydroxylation is 1. The number of ether oxygens (including phenoxy) is 3. The van der Waals surface area contributed by atoms with E-state index in [-0.39, 0.29) is 46.9 Å². The van der Waals surface area contributed by atoms with E-state index in [0.717, 1.165) is 30.3 Å². The Hall–Kier alpha value is -4.62. The van der Waals surface area contributed by atoms with E-state index in [4.69, 9.17) is 18.6 Å². The van der Waals surface area contributed by atoms with Crippen molar-refractivity contribution in [3.8, 4) is 17.2 Å². The maximum atomic E-state index is 14.0. The number of rotatable bonds is 9. The molecular formula is C29H31F3N2O9. The summed E-state index contributed by atoms with van der Waals surface area (Å²) in [7, 11) is 0. The van der Waals surface area contributed by atoms with Gasteiger partial charge in [0.15, 0.2) is 0 Å². The number of hydrogen-bond acceptors (Lipinski definition) is 9. The van der Waals surface area contributed by atoms with Crippen molar-refractivity contribution in [2.24, 2.45) is 5.92 Å². The molecule has 1 N–H and O–H groups in total. The zero-order chi connectivity index (χ0) is 32.3. The number of carbonyl (C=O) groups excluding carboxylic acids is 2. The van der Waals surface area contributed by atoms with Crippen LogP contribution in [0.1, 0.15) is 59.3 Å². The van der Waals surface area contributed by atoms with Crippen LogP contribution in [0.5, 0.6) is 17.2 Å². The first-order chi connectivity index (χ1) is 19.9. The van der Waals surface area contributed by atoms with E-state index in [1.54, 1.807) is 27.7 Å². The first kappa shape index (κ1) is 32.9. The van der Waals surface area contributed by atoms with Gasteiger partial charge in [-0.05, 0) is 63.3 Å². The molecule has 3 aromatic rings. The number of esters is 1. The van der Waals surface area contributed by atoms with Crippen molar-refractivity contribution in [2.75, 3.05) is 0 Å². The third-order valence-corrected chi connectivity index (χ3v) is 5.83. The molecule has 2 aromatic carbocycles. The van der Waals surface area contributed by atoms with Crippen LogP contribution < -0.4 is 20.2 Å². The molecule has 14 heteroatoms. The smallest absolute Gasteiger partial charge is 0.449 e. The van der Waals surface area contributed by atoms with Gasteiger partial charge in [-0.2, -0.15) is 13.2 Å². The van der Waals surface area contributed by atoms with Crippen molar-refractivity contribution in [2.45, 2.75) is 72.2 Å². The highest BCUT2D eigenvalue weighted by Gasteiger charge is 2.41. The van der Waals surface area contributed by atoms with E-state index in [1.807, 2.05) is 13.8 Å². The number of nitrogens with zero attached hydrogens (tertiary/aromatic N) is 1. The Kier molecular flexibility index (Phi) is 9.72. The number of nitro benzene ring substituents is 1. The summed E-state index contributed by atoms with van der Waals surface area (Å²) >= 11 is 0. The monoisotopic (exact) mass is 608 g/mol. The quantitative estimate of drug-likeness (QED) is 0.118. The van der Waals surface area contributed by atoms with Gasteiger partial charge in [0.05, 0.1) is 10.3 Å². The second-order valence-electron chi connectivity index (χ2n) is 11.0. The fourth-order valence-electron chi connectivity index (χ4n) is 3.97. The molecule has 0 aliphatic rings. The van der Waals surface area contributed by atoms with Crippen LogP contribution in [0.4, 0.5) is 23.7 Å². The molecule has 232 valence electrons. The molecule has 0 saturated carbocycles. The zero-order valence-electron chi connectivity index (χ0n) is 24.3. The minimum Gasteiger partial charge on any atom is -0.449 e. The predicted octanol–water partition coefficient (Wildman–Crippen LogP) is 6.92. The number of fused-ring (bicyclic) bond motifs is 1. The Bertz CT molecular complexity index is 1570. The van der Waals surface area contributed by atoms with Crippen LogP contribution in [0, 0.1) is 16.0 Å². The van der Waals surface area contributed by atoms with E-state index in [2.05, 4.69) is 5.32 Å². The van der Waals surface area contributed by atoms with Gasteiger partial charge in [-0.25, -0.2) is 9.59 Å². The molecule has 1 aromatic heterocycles. The summed E-state index contributed by atoms with van der Waals surface area (Å²) in [6, 6.07) is 5.17. The molecule has 1 atom stereocenters. The van der Waals surface area contributed by atoms with Gasteiger partial charge in [0, 0.05) is 18.2 Å². The molecule has 0 unspecified atom stereocenters. The van der Waals surface area contributed by atoms with E-state index < -0.39 is 57.3 Å². The van der Waals surface area contributed by atoms with Gasteiger partial charge in [-0.15, -0.1) is 0 Å². The maximum Gasteiger partial charge on any atom is 0.453 e. The molecular weight excluding hydrogens is 577 g/mol. The number of hydrogen-bond donors (Lipinski definition) is 1. The van der Waals surface area contributed by atoms with Gasteiger partial charge in [-0.1, -0.05) is 20.8 Å². The summed E-state index contributed by atoms with van der Waals surface area (Å²) in [5.74, 6) is -4.31. The highest BCUT2D eigenvalue weighted by Crippen LogP contribution is 2.39. The fraction of sp³-hybridized carbons (Fsp3) is 0.414. The topological polar surface area (TPSA) is 147 Å². The van der Waals surface area contributed by atoms with Gasteiger partial charge < -0.3 is 23.9 Å². The molecule has 3 rings (SSSR count). The van der Waals surface area contributed by atoms with Crippen LogP contribution in [0.2, 0.25) is 0 Å². The van der Waals surface area contributed by atoms with Crippen molar-refractivity contribution in [1.29, 1.82) is 0 Å². The Labute approximate surface area is 244 Å². The first-order valence-corrected chi connectivity index (χ1v) is 13.2. The summed E-state index contributed by atoms with van der Waals surface area (Å²) in [6.45, 7) is 10.2. The van der Waals surface area contributed by atoms with Crippen molar-refractivity contribution in [3.63, 3.8) is 0 Å². The van der Waals surface area contributed by atoms with Crippen LogP contribution in [0.3, 0.4) is 0 Å². The minimum absolute atomic E-state index is 0.0590. The molecule has 1 heterocycles. The summed E-state index contributed by atoms with van der Waals surface area (Å²) in [5, 5.41) is 13.1. The lowest BCUT2D eigenvalue weighted by Gasteiger charge is -2.24. The van der Waals surface area contributed by atoms with Gasteiger partial charge in [-0.3, -0.25) is 14.9 Å². The van der Waals surface area contributed by atoms with Crippen LogP contribution in [-0.4, -0.2) is 28.6 Å². The zero-order valence-corrected chi connectivity index (χ0v) is 24.3. The van der Waals surface area contributed by atoms with E-state index in [1.165, 1.54) is 6.07 Å². The lowest BCUT2D eigenvalue weighted by molar-refractivity contribution is -0.384. The van der Waals surface area contributed by atoms with Crippen molar-refractivity contribution >= 4 is 28.7 Å². The highest BCUT2D eigenvalue weighted by molar-refractivity contribution is 5.86. The van der Waals surface area contributed by atoms with Crippen LogP contribution >= 0.6 is 0 Å². The van der Waals surface area contributed by atoms with Crippen LogP contribution in [0.25, 0.3) is 11.0 Å². The molecule has 0 fully saturated rings. The maximum absolute atomic E-state index is 14.0. The Morgan fingerprint density at radius 2 is 1.72 bits per heavy atom. The molecule has 0 aliphatic heterocycles. The molecule has 43 heavy (non-hydrogen) atoms. The summed E-state index contributed by atoms with van der Waals surface area (Å²) < 4.78 is 63.1. The highest BCUT2D eigenvalue weighted by atomic mass is 19.4. The Morgan fingerprint density at radius 3 is 2.23 bits per heavy atom. The fourth-order valence-corrected chi connectivity index (χ4v) is 3.97. The SMILES string of the molecule is CCc1cc2c(=O)c(Oc3ccc([N+](=O)[O-])cc3)c(C(F)(F)F)oc2cc1OC(=O)[C@H](CC(C)C)NC(=O)OC(C)(C)C. The minimum atomic E-state index is -5.18. The van der Waals surface area contributed by atoms with Gasteiger partial charge in [0.1, 0.15) is 28.7 Å². The molecule has 0 radical (unpaired) electrons.